The molecule has 0 spiro atoms. The summed E-state index contributed by atoms with van der Waals surface area (Å²) in [4.78, 5) is 27.3. The first-order valence-electron chi connectivity index (χ1n) is 9.13. The van der Waals surface area contributed by atoms with E-state index in [9.17, 15) is 9.59 Å². The molecule has 0 radical (unpaired) electrons. The fourth-order valence-electron chi connectivity index (χ4n) is 3.07. The molecule has 132 valence electrons. The molecule has 0 aliphatic carbocycles. The highest BCUT2D eigenvalue weighted by molar-refractivity contribution is 6.38. The van der Waals surface area contributed by atoms with Crippen LogP contribution in [0, 0.1) is 0 Å². The van der Waals surface area contributed by atoms with Crippen molar-refractivity contribution in [3.63, 3.8) is 0 Å². The number of carbonyl (C=O) groups is 2. The standard InChI is InChI=1S/C23H23NO2/c1-2-3-4-11-16-20-21(17-18-12-7-5-8-13-18)23(26)24(22(20)25)19-14-9-6-10-15-19/h5-10,12-17H,2-4,11H2,1H3/b20-16+,21-17-. The predicted molar refractivity (Wildman–Crippen MR) is 106 cm³/mol. The first-order chi connectivity index (χ1) is 12.7. The highest BCUT2D eigenvalue weighted by atomic mass is 16.2. The maximum Gasteiger partial charge on any atom is 0.266 e. The van der Waals surface area contributed by atoms with Gasteiger partial charge in [-0.15, -0.1) is 0 Å². The monoisotopic (exact) mass is 345 g/mol. The highest BCUT2D eigenvalue weighted by Gasteiger charge is 2.39. The molecule has 1 heterocycles. The fraction of sp³-hybridized carbons (Fsp3) is 0.217. The maximum absolute atomic E-state index is 13.0. The van der Waals surface area contributed by atoms with E-state index < -0.39 is 0 Å². The predicted octanol–water partition coefficient (Wildman–Crippen LogP) is 5.15. The Morgan fingerprint density at radius 1 is 0.808 bits per heavy atom. The molecule has 1 saturated heterocycles. The second-order valence-electron chi connectivity index (χ2n) is 6.36. The Labute approximate surface area is 154 Å². The number of carbonyl (C=O) groups excluding carboxylic acids is 2. The Morgan fingerprint density at radius 2 is 1.42 bits per heavy atom. The van der Waals surface area contributed by atoms with E-state index in [-0.39, 0.29) is 11.8 Å². The lowest BCUT2D eigenvalue weighted by molar-refractivity contribution is -0.119. The number of amides is 2. The first-order valence-corrected chi connectivity index (χ1v) is 9.13. The molecule has 2 aromatic rings. The SMILES string of the molecule is CCCCC/C=C1/C(=O)N(c2ccccc2)C(=O)/C1=C\c1ccccc1. The zero-order valence-corrected chi connectivity index (χ0v) is 15.0. The number of benzene rings is 2. The minimum Gasteiger partial charge on any atom is -0.268 e. The van der Waals surface area contributed by atoms with E-state index in [0.29, 0.717) is 16.8 Å². The Hall–Kier alpha value is -2.94. The van der Waals surface area contributed by atoms with Crippen LogP contribution in [0.15, 0.2) is 77.9 Å². The van der Waals surface area contributed by atoms with Crippen molar-refractivity contribution in [3.05, 3.63) is 83.4 Å². The number of hydrogen-bond acceptors (Lipinski definition) is 2. The van der Waals surface area contributed by atoms with Crippen LogP contribution in [0.3, 0.4) is 0 Å². The maximum atomic E-state index is 13.0. The van der Waals surface area contributed by atoms with Crippen molar-refractivity contribution in [2.75, 3.05) is 4.90 Å². The Bertz CT molecular complexity index is 835. The zero-order chi connectivity index (χ0) is 18.4. The summed E-state index contributed by atoms with van der Waals surface area (Å²) in [6.45, 7) is 2.15. The summed E-state index contributed by atoms with van der Waals surface area (Å²) in [6, 6.07) is 18.8. The molecule has 0 bridgehead atoms. The quantitative estimate of drug-likeness (QED) is 0.412. The summed E-state index contributed by atoms with van der Waals surface area (Å²) in [7, 11) is 0. The lowest BCUT2D eigenvalue weighted by Gasteiger charge is -2.12. The van der Waals surface area contributed by atoms with Crippen LogP contribution in [0.5, 0.6) is 0 Å². The van der Waals surface area contributed by atoms with Crippen molar-refractivity contribution in [2.45, 2.75) is 32.6 Å². The van der Waals surface area contributed by atoms with Gasteiger partial charge in [0.25, 0.3) is 11.8 Å². The number of rotatable bonds is 6. The molecular weight excluding hydrogens is 322 g/mol. The first kappa shape index (κ1) is 17.9. The minimum absolute atomic E-state index is 0.236. The molecule has 3 rings (SSSR count). The van der Waals surface area contributed by atoms with Crippen LogP contribution in [0.1, 0.15) is 38.2 Å². The number of allylic oxidation sites excluding steroid dienone is 1. The molecule has 2 aromatic carbocycles. The number of hydrogen-bond donors (Lipinski definition) is 0. The largest absolute Gasteiger partial charge is 0.268 e. The van der Waals surface area contributed by atoms with Crippen molar-refractivity contribution in [3.8, 4) is 0 Å². The van der Waals surface area contributed by atoms with Gasteiger partial charge in [-0.05, 0) is 36.6 Å². The van der Waals surface area contributed by atoms with Crippen molar-refractivity contribution in [1.29, 1.82) is 0 Å². The molecule has 1 aliphatic rings. The number of nitrogens with zero attached hydrogens (tertiary/aromatic N) is 1. The van der Waals surface area contributed by atoms with E-state index in [4.69, 9.17) is 0 Å². The van der Waals surface area contributed by atoms with Gasteiger partial charge in [0, 0.05) is 5.57 Å². The summed E-state index contributed by atoms with van der Waals surface area (Å²) in [5, 5.41) is 0. The molecule has 0 saturated carbocycles. The van der Waals surface area contributed by atoms with Gasteiger partial charge in [-0.1, -0.05) is 74.4 Å². The number of unbranched alkanes of at least 4 members (excludes halogenated alkanes) is 3. The Kier molecular flexibility index (Phi) is 5.80. The van der Waals surface area contributed by atoms with Crippen molar-refractivity contribution >= 4 is 23.6 Å². The van der Waals surface area contributed by atoms with Crippen LogP contribution >= 0.6 is 0 Å². The van der Waals surface area contributed by atoms with Gasteiger partial charge in [0.15, 0.2) is 0 Å². The van der Waals surface area contributed by atoms with E-state index in [1.165, 1.54) is 4.90 Å². The third kappa shape index (κ3) is 3.83. The van der Waals surface area contributed by atoms with Gasteiger partial charge in [0.05, 0.1) is 11.3 Å². The van der Waals surface area contributed by atoms with E-state index in [1.807, 2.05) is 60.7 Å². The number of imide groups is 1. The van der Waals surface area contributed by atoms with Crippen molar-refractivity contribution < 1.29 is 9.59 Å². The summed E-state index contributed by atoms with van der Waals surface area (Å²) in [6.07, 6.45) is 7.80. The molecule has 26 heavy (non-hydrogen) atoms. The Balaban J connectivity index is 1.99. The van der Waals surface area contributed by atoms with Crippen LogP contribution in [0.2, 0.25) is 0 Å². The van der Waals surface area contributed by atoms with Crippen LogP contribution in [0.4, 0.5) is 5.69 Å². The van der Waals surface area contributed by atoms with Gasteiger partial charge in [-0.2, -0.15) is 0 Å². The third-order valence-corrected chi connectivity index (χ3v) is 4.44. The molecule has 3 heteroatoms. The van der Waals surface area contributed by atoms with E-state index >= 15 is 0 Å². The normalized spacial score (nSPS) is 17.5. The number of para-hydroxylation sites is 1. The summed E-state index contributed by atoms with van der Waals surface area (Å²) < 4.78 is 0. The molecule has 1 fully saturated rings. The van der Waals surface area contributed by atoms with Crippen LogP contribution < -0.4 is 4.90 Å². The van der Waals surface area contributed by atoms with E-state index in [0.717, 1.165) is 31.2 Å². The topological polar surface area (TPSA) is 37.4 Å². The third-order valence-electron chi connectivity index (χ3n) is 4.44. The Morgan fingerprint density at radius 3 is 2.08 bits per heavy atom. The fourth-order valence-corrected chi connectivity index (χ4v) is 3.07. The smallest absolute Gasteiger partial charge is 0.266 e. The van der Waals surface area contributed by atoms with Crippen LogP contribution in [0.25, 0.3) is 6.08 Å². The second kappa shape index (κ2) is 8.43. The molecule has 0 atom stereocenters. The van der Waals surface area contributed by atoms with Crippen LogP contribution in [-0.2, 0) is 9.59 Å². The van der Waals surface area contributed by atoms with Crippen LogP contribution in [-0.4, -0.2) is 11.8 Å². The van der Waals surface area contributed by atoms with Gasteiger partial charge in [-0.3, -0.25) is 9.59 Å². The van der Waals surface area contributed by atoms with Gasteiger partial charge in [-0.25, -0.2) is 4.90 Å². The summed E-state index contributed by atoms with van der Waals surface area (Å²) >= 11 is 0. The molecule has 3 nitrogen and oxygen atoms in total. The average Bonchev–Trinajstić information content (AvgIpc) is 2.90. The second-order valence-corrected chi connectivity index (χ2v) is 6.36. The molecular formula is C23H23NO2. The molecule has 0 N–H and O–H groups in total. The summed E-state index contributed by atoms with van der Waals surface area (Å²) in [5.41, 5.74) is 2.51. The van der Waals surface area contributed by atoms with Gasteiger partial charge >= 0.3 is 0 Å². The minimum atomic E-state index is -0.258. The van der Waals surface area contributed by atoms with E-state index in [1.54, 1.807) is 12.1 Å². The molecule has 1 aliphatic heterocycles. The summed E-state index contributed by atoms with van der Waals surface area (Å²) in [5.74, 6) is -0.494. The molecule has 2 amide bonds. The van der Waals surface area contributed by atoms with Crippen molar-refractivity contribution in [1.82, 2.24) is 0 Å². The van der Waals surface area contributed by atoms with Gasteiger partial charge in [0.1, 0.15) is 0 Å². The zero-order valence-electron chi connectivity index (χ0n) is 15.0. The molecule has 0 aromatic heterocycles. The lowest BCUT2D eigenvalue weighted by Crippen LogP contribution is -2.29. The van der Waals surface area contributed by atoms with Gasteiger partial charge < -0.3 is 0 Å². The lowest BCUT2D eigenvalue weighted by atomic mass is 10.0. The number of anilines is 1. The average molecular weight is 345 g/mol. The van der Waals surface area contributed by atoms with Gasteiger partial charge in [0.2, 0.25) is 0 Å². The molecule has 0 unspecified atom stereocenters. The van der Waals surface area contributed by atoms with Crippen molar-refractivity contribution in [2.24, 2.45) is 0 Å². The highest BCUT2D eigenvalue weighted by Crippen LogP contribution is 2.32. The van der Waals surface area contributed by atoms with E-state index in [2.05, 4.69) is 6.92 Å².